The second-order valence-corrected chi connectivity index (χ2v) is 6.21. The van der Waals surface area contributed by atoms with Gasteiger partial charge in [0.05, 0.1) is 12.3 Å². The topological polar surface area (TPSA) is 67.2 Å². The number of nitrogens with two attached hydrogens (primary N) is 1. The first-order valence-corrected chi connectivity index (χ1v) is 8.91. The van der Waals surface area contributed by atoms with Crippen LogP contribution in [0.2, 0.25) is 0 Å². The normalized spacial score (nSPS) is 13.8. The summed E-state index contributed by atoms with van der Waals surface area (Å²) in [6.45, 7) is 4.86. The Hall–Kier alpha value is -1.75. The summed E-state index contributed by atoms with van der Waals surface area (Å²) in [5, 5.41) is 9.04. The van der Waals surface area contributed by atoms with Crippen molar-refractivity contribution in [2.45, 2.75) is 51.9 Å². The van der Waals surface area contributed by atoms with E-state index in [-0.39, 0.29) is 18.1 Å². The number of nitrogens with one attached hydrogen (secondary N) is 2. The number of hydrogen-bond acceptors (Lipinski definition) is 4. The molecule has 0 aliphatic carbocycles. The van der Waals surface area contributed by atoms with E-state index in [1.165, 1.54) is 0 Å². The van der Waals surface area contributed by atoms with Crippen LogP contribution in [0.1, 0.15) is 49.9 Å². The average molecular weight is 327 g/mol. The minimum Gasteiger partial charge on any atom is -0.316 e. The molecule has 0 aliphatic heterocycles. The van der Waals surface area contributed by atoms with Gasteiger partial charge in [-0.15, -0.1) is 0 Å². The minimum atomic E-state index is -0.00904. The molecule has 2 unspecified atom stereocenters. The SMILES string of the molecule is CCCC(NCCC(=O)c1ccc2ccccc2c1)NC(N)CC. The highest BCUT2D eigenvalue weighted by molar-refractivity contribution is 6.00. The highest BCUT2D eigenvalue weighted by atomic mass is 16.1. The number of carbonyl (C=O) groups excluding carboxylic acids is 1. The molecule has 0 saturated carbocycles. The summed E-state index contributed by atoms with van der Waals surface area (Å²) >= 11 is 0. The molecular formula is C20H29N3O. The van der Waals surface area contributed by atoms with E-state index in [0.717, 1.165) is 35.6 Å². The lowest BCUT2D eigenvalue weighted by Gasteiger charge is -2.23. The van der Waals surface area contributed by atoms with Crippen LogP contribution in [0.4, 0.5) is 0 Å². The van der Waals surface area contributed by atoms with Crippen molar-refractivity contribution in [3.8, 4) is 0 Å². The minimum absolute atomic E-state index is 0.00904. The van der Waals surface area contributed by atoms with Crippen LogP contribution in [-0.2, 0) is 0 Å². The number of carbonyl (C=O) groups is 1. The summed E-state index contributed by atoms with van der Waals surface area (Å²) in [6, 6.07) is 14.0. The molecule has 0 spiro atoms. The molecule has 0 radical (unpaired) electrons. The van der Waals surface area contributed by atoms with Crippen LogP contribution in [0.25, 0.3) is 10.8 Å². The van der Waals surface area contributed by atoms with Gasteiger partial charge in [0.15, 0.2) is 5.78 Å². The Morgan fingerprint density at radius 3 is 2.58 bits per heavy atom. The van der Waals surface area contributed by atoms with Gasteiger partial charge in [-0.1, -0.05) is 56.7 Å². The van der Waals surface area contributed by atoms with Crippen LogP contribution in [0.15, 0.2) is 42.5 Å². The molecule has 2 rings (SSSR count). The molecule has 0 fully saturated rings. The van der Waals surface area contributed by atoms with Crippen molar-refractivity contribution in [2.75, 3.05) is 6.54 Å². The Bertz CT molecular complexity index is 656. The zero-order valence-corrected chi connectivity index (χ0v) is 14.7. The summed E-state index contributed by atoms with van der Waals surface area (Å²) in [5.41, 5.74) is 6.74. The Balaban J connectivity index is 1.88. The fourth-order valence-corrected chi connectivity index (χ4v) is 2.78. The van der Waals surface area contributed by atoms with Crippen molar-refractivity contribution in [2.24, 2.45) is 5.73 Å². The second-order valence-electron chi connectivity index (χ2n) is 6.21. The molecule has 0 saturated heterocycles. The van der Waals surface area contributed by atoms with E-state index in [2.05, 4.69) is 30.5 Å². The maximum atomic E-state index is 12.4. The monoisotopic (exact) mass is 327 g/mol. The lowest BCUT2D eigenvalue weighted by atomic mass is 10.0. The Kier molecular flexibility index (Phi) is 7.37. The molecule has 4 heteroatoms. The third kappa shape index (κ3) is 5.41. The molecular weight excluding hydrogens is 298 g/mol. The van der Waals surface area contributed by atoms with Gasteiger partial charge in [-0.25, -0.2) is 0 Å². The third-order valence-corrected chi connectivity index (χ3v) is 4.25. The van der Waals surface area contributed by atoms with Gasteiger partial charge in [0.2, 0.25) is 0 Å². The number of fused-ring (bicyclic) bond motifs is 1. The maximum absolute atomic E-state index is 12.4. The molecule has 2 aromatic carbocycles. The molecule has 0 heterocycles. The third-order valence-electron chi connectivity index (χ3n) is 4.25. The number of hydrogen-bond donors (Lipinski definition) is 3. The molecule has 0 amide bonds. The van der Waals surface area contributed by atoms with Crippen LogP contribution in [0.5, 0.6) is 0 Å². The molecule has 24 heavy (non-hydrogen) atoms. The van der Waals surface area contributed by atoms with Crippen LogP contribution < -0.4 is 16.4 Å². The predicted molar refractivity (Wildman–Crippen MR) is 101 cm³/mol. The first-order valence-electron chi connectivity index (χ1n) is 8.91. The number of rotatable bonds is 10. The van der Waals surface area contributed by atoms with Gasteiger partial charge in [-0.3, -0.25) is 10.1 Å². The molecule has 0 aromatic heterocycles. The van der Waals surface area contributed by atoms with Crippen LogP contribution in [0, 0.1) is 0 Å². The smallest absolute Gasteiger partial charge is 0.164 e. The largest absolute Gasteiger partial charge is 0.316 e. The first kappa shape index (κ1) is 18.6. The fraction of sp³-hybridized carbons (Fsp3) is 0.450. The van der Waals surface area contributed by atoms with Crippen molar-refractivity contribution >= 4 is 16.6 Å². The standard InChI is InChI=1S/C20H29N3O/c1-3-7-20(23-19(21)4-2)22-13-12-18(24)17-11-10-15-8-5-6-9-16(15)14-17/h5-6,8-11,14,19-20,22-23H,3-4,7,12-13,21H2,1-2H3. The lowest BCUT2D eigenvalue weighted by Crippen LogP contribution is -2.51. The summed E-state index contributed by atoms with van der Waals surface area (Å²) in [6.07, 6.45) is 3.59. The van der Waals surface area contributed by atoms with Gasteiger partial charge in [0, 0.05) is 18.5 Å². The first-order chi connectivity index (χ1) is 11.6. The quantitative estimate of drug-likeness (QED) is 0.462. The molecule has 130 valence electrons. The van der Waals surface area contributed by atoms with Crippen molar-refractivity contribution in [1.29, 1.82) is 0 Å². The Morgan fingerprint density at radius 2 is 1.88 bits per heavy atom. The lowest BCUT2D eigenvalue weighted by molar-refractivity contribution is 0.0981. The van der Waals surface area contributed by atoms with Crippen molar-refractivity contribution in [1.82, 2.24) is 10.6 Å². The molecule has 0 aliphatic rings. The number of benzene rings is 2. The predicted octanol–water partition coefficient (Wildman–Crippen LogP) is 3.41. The van der Waals surface area contributed by atoms with Gasteiger partial charge in [0.25, 0.3) is 0 Å². The number of Topliss-reactive ketones (excluding diaryl/α,β-unsaturated/α-hetero) is 1. The molecule has 0 bridgehead atoms. The molecule has 4 nitrogen and oxygen atoms in total. The second kappa shape index (κ2) is 9.52. The highest BCUT2D eigenvalue weighted by Gasteiger charge is 2.11. The van der Waals surface area contributed by atoms with Gasteiger partial charge in [0.1, 0.15) is 0 Å². The van der Waals surface area contributed by atoms with Gasteiger partial charge < -0.3 is 11.1 Å². The van der Waals surface area contributed by atoms with E-state index in [9.17, 15) is 4.79 Å². The van der Waals surface area contributed by atoms with Crippen LogP contribution in [-0.4, -0.2) is 24.7 Å². The molecule has 2 atom stereocenters. The van der Waals surface area contributed by atoms with E-state index < -0.39 is 0 Å². The zero-order valence-electron chi connectivity index (χ0n) is 14.7. The van der Waals surface area contributed by atoms with Gasteiger partial charge in [-0.2, -0.15) is 0 Å². The average Bonchev–Trinajstić information content (AvgIpc) is 2.61. The molecule has 4 N–H and O–H groups in total. The van der Waals surface area contributed by atoms with E-state index in [1.54, 1.807) is 0 Å². The van der Waals surface area contributed by atoms with Crippen molar-refractivity contribution in [3.63, 3.8) is 0 Å². The summed E-state index contributed by atoms with van der Waals surface area (Å²) in [7, 11) is 0. The van der Waals surface area contributed by atoms with Crippen LogP contribution in [0.3, 0.4) is 0 Å². The summed E-state index contributed by atoms with van der Waals surface area (Å²) in [4.78, 5) is 12.4. The molecule has 2 aromatic rings. The van der Waals surface area contributed by atoms with Crippen molar-refractivity contribution in [3.05, 3.63) is 48.0 Å². The van der Waals surface area contributed by atoms with E-state index in [4.69, 9.17) is 5.73 Å². The highest BCUT2D eigenvalue weighted by Crippen LogP contribution is 2.16. The van der Waals surface area contributed by atoms with E-state index in [1.807, 2.05) is 36.4 Å². The van der Waals surface area contributed by atoms with Gasteiger partial charge in [-0.05, 0) is 29.7 Å². The van der Waals surface area contributed by atoms with E-state index in [0.29, 0.717) is 13.0 Å². The fourth-order valence-electron chi connectivity index (χ4n) is 2.78. The summed E-state index contributed by atoms with van der Waals surface area (Å²) in [5.74, 6) is 0.170. The van der Waals surface area contributed by atoms with E-state index >= 15 is 0 Å². The Labute approximate surface area is 144 Å². The summed E-state index contributed by atoms with van der Waals surface area (Å²) < 4.78 is 0. The Morgan fingerprint density at radius 1 is 1.12 bits per heavy atom. The van der Waals surface area contributed by atoms with Crippen LogP contribution >= 0.6 is 0 Å². The zero-order chi connectivity index (χ0) is 17.4. The van der Waals surface area contributed by atoms with Gasteiger partial charge >= 0.3 is 0 Å². The van der Waals surface area contributed by atoms with Crippen molar-refractivity contribution < 1.29 is 4.79 Å². The number of ketones is 1. The maximum Gasteiger partial charge on any atom is 0.164 e.